The van der Waals surface area contributed by atoms with Crippen molar-refractivity contribution in [3.05, 3.63) is 96.0 Å². The van der Waals surface area contributed by atoms with Gasteiger partial charge >= 0.3 is 0 Å². The molecule has 0 unspecified atom stereocenters. The molecule has 6 nitrogen and oxygen atoms in total. The molecule has 33 heavy (non-hydrogen) atoms. The van der Waals surface area contributed by atoms with E-state index in [0.717, 1.165) is 56.2 Å². The minimum absolute atomic E-state index is 0.279. The summed E-state index contributed by atoms with van der Waals surface area (Å²) < 4.78 is 15.5. The van der Waals surface area contributed by atoms with Crippen LogP contribution in [0.25, 0.3) is 39.3 Å². The summed E-state index contributed by atoms with van der Waals surface area (Å²) in [5, 5.41) is 8.60. The number of halogens is 1. The Morgan fingerprint density at radius 3 is 2.61 bits per heavy atom. The van der Waals surface area contributed by atoms with Gasteiger partial charge in [-0.05, 0) is 43.7 Å². The molecule has 0 aliphatic carbocycles. The van der Waals surface area contributed by atoms with Crippen LogP contribution in [0, 0.1) is 19.7 Å². The molecule has 2 N–H and O–H groups in total. The van der Waals surface area contributed by atoms with Crippen molar-refractivity contribution in [1.29, 1.82) is 0 Å². The zero-order valence-corrected chi connectivity index (χ0v) is 18.6. The van der Waals surface area contributed by atoms with Crippen molar-refractivity contribution in [1.82, 2.24) is 29.7 Å². The number of nitrogens with one attached hydrogen (secondary N) is 2. The molecule has 3 aromatic heterocycles. The third-order valence-electron chi connectivity index (χ3n) is 5.88. The summed E-state index contributed by atoms with van der Waals surface area (Å²) in [5.74, 6) is 1.33. The predicted molar refractivity (Wildman–Crippen MR) is 129 cm³/mol. The van der Waals surface area contributed by atoms with Crippen molar-refractivity contribution >= 4 is 16.5 Å². The molecule has 7 heteroatoms. The lowest BCUT2D eigenvalue weighted by molar-refractivity contribution is 0.627. The van der Waals surface area contributed by atoms with Gasteiger partial charge in [0.1, 0.15) is 17.3 Å². The molecule has 0 atom stereocenters. The SMILES string of the molecule is C=C/C=C(/c1ccc(F)cc1)c1nc(-c2n[nH]c3ccc(-c4cnc(C)n4C)cc23)[nH]c1C. The van der Waals surface area contributed by atoms with Crippen LogP contribution >= 0.6 is 0 Å². The van der Waals surface area contributed by atoms with Gasteiger partial charge in [0.25, 0.3) is 0 Å². The second-order valence-corrected chi connectivity index (χ2v) is 7.96. The predicted octanol–water partition coefficient (Wildman–Crippen LogP) is 5.73. The number of benzene rings is 2. The monoisotopic (exact) mass is 438 g/mol. The van der Waals surface area contributed by atoms with Gasteiger partial charge in [0.15, 0.2) is 5.82 Å². The molecule has 5 aromatic rings. The van der Waals surface area contributed by atoms with Gasteiger partial charge in [0.2, 0.25) is 0 Å². The van der Waals surface area contributed by atoms with E-state index in [1.54, 1.807) is 18.2 Å². The lowest BCUT2D eigenvalue weighted by atomic mass is 10.0. The maximum Gasteiger partial charge on any atom is 0.159 e. The number of nitrogens with zero attached hydrogens (tertiary/aromatic N) is 4. The fraction of sp³-hybridized carbons (Fsp3) is 0.115. The Morgan fingerprint density at radius 1 is 1.12 bits per heavy atom. The molecule has 0 bridgehead atoms. The molecule has 3 heterocycles. The van der Waals surface area contributed by atoms with Gasteiger partial charge < -0.3 is 9.55 Å². The van der Waals surface area contributed by atoms with Crippen molar-refractivity contribution in [3.63, 3.8) is 0 Å². The van der Waals surface area contributed by atoms with E-state index in [0.29, 0.717) is 5.82 Å². The third kappa shape index (κ3) is 3.57. The van der Waals surface area contributed by atoms with E-state index in [4.69, 9.17) is 4.98 Å². The minimum atomic E-state index is -0.279. The maximum absolute atomic E-state index is 13.5. The van der Waals surface area contributed by atoms with Crippen LogP contribution in [0.3, 0.4) is 0 Å². The Labute approximate surface area is 190 Å². The van der Waals surface area contributed by atoms with Crippen LogP contribution < -0.4 is 0 Å². The molecule has 0 amide bonds. The van der Waals surface area contributed by atoms with E-state index in [1.807, 2.05) is 39.2 Å². The molecule has 0 saturated heterocycles. The average Bonchev–Trinajstić information content (AvgIpc) is 3.50. The van der Waals surface area contributed by atoms with Crippen molar-refractivity contribution < 1.29 is 4.39 Å². The fourth-order valence-corrected chi connectivity index (χ4v) is 4.02. The smallest absolute Gasteiger partial charge is 0.159 e. The summed E-state index contributed by atoms with van der Waals surface area (Å²) in [6, 6.07) is 12.5. The van der Waals surface area contributed by atoms with Crippen molar-refractivity contribution in [2.24, 2.45) is 7.05 Å². The number of hydrogen-bond acceptors (Lipinski definition) is 3. The van der Waals surface area contributed by atoms with E-state index >= 15 is 0 Å². The number of rotatable bonds is 5. The molecule has 0 radical (unpaired) electrons. The van der Waals surface area contributed by atoms with Crippen molar-refractivity contribution in [3.8, 4) is 22.8 Å². The van der Waals surface area contributed by atoms with Gasteiger partial charge in [-0.15, -0.1) is 0 Å². The highest BCUT2D eigenvalue weighted by molar-refractivity contribution is 5.94. The van der Waals surface area contributed by atoms with Crippen LogP contribution in [0.2, 0.25) is 0 Å². The standard InChI is InChI=1S/C26H23FN6/c1-5-6-20(17-7-10-19(27)11-8-17)24-15(2)29-26(30-24)25-21-13-18(9-12-22(21)31-32-25)23-14-28-16(3)33(23)4/h5-14H,1H2,2-4H3,(H,29,30)(H,31,32)/b20-6-. The van der Waals surface area contributed by atoms with Gasteiger partial charge in [0.05, 0.1) is 23.1 Å². The fourth-order valence-electron chi connectivity index (χ4n) is 4.02. The van der Waals surface area contributed by atoms with Gasteiger partial charge in [-0.2, -0.15) is 5.10 Å². The van der Waals surface area contributed by atoms with Crippen molar-refractivity contribution in [2.45, 2.75) is 13.8 Å². The van der Waals surface area contributed by atoms with E-state index in [1.165, 1.54) is 12.1 Å². The Morgan fingerprint density at radius 2 is 1.91 bits per heavy atom. The molecule has 5 rings (SSSR count). The summed E-state index contributed by atoms with van der Waals surface area (Å²) in [5.41, 5.74) is 7.11. The number of aryl methyl sites for hydroxylation is 2. The number of H-pyrrole nitrogens is 2. The summed E-state index contributed by atoms with van der Waals surface area (Å²) in [6.07, 6.45) is 5.46. The molecule has 0 aliphatic rings. The topological polar surface area (TPSA) is 75.2 Å². The first kappa shape index (κ1) is 20.6. The first-order chi connectivity index (χ1) is 16.0. The highest BCUT2D eigenvalue weighted by Gasteiger charge is 2.18. The largest absolute Gasteiger partial charge is 0.340 e. The van der Waals surface area contributed by atoms with Crippen LogP contribution in [0.5, 0.6) is 0 Å². The number of aromatic nitrogens is 6. The number of fused-ring (bicyclic) bond motifs is 1. The van der Waals surface area contributed by atoms with E-state index < -0.39 is 0 Å². The second-order valence-electron chi connectivity index (χ2n) is 7.96. The normalized spacial score (nSPS) is 11.9. The molecular formula is C26H23FN6. The van der Waals surface area contributed by atoms with E-state index in [9.17, 15) is 4.39 Å². The summed E-state index contributed by atoms with van der Waals surface area (Å²) in [7, 11) is 2.00. The number of hydrogen-bond donors (Lipinski definition) is 2. The number of aromatic amines is 2. The van der Waals surface area contributed by atoms with Gasteiger partial charge in [-0.25, -0.2) is 14.4 Å². The Balaban J connectivity index is 1.61. The first-order valence-corrected chi connectivity index (χ1v) is 10.6. The molecule has 2 aromatic carbocycles. The Kier molecular flexibility index (Phi) is 5.01. The van der Waals surface area contributed by atoms with Gasteiger partial charge in [-0.1, -0.05) is 36.9 Å². The van der Waals surface area contributed by atoms with Gasteiger partial charge in [-0.3, -0.25) is 5.10 Å². The number of imidazole rings is 2. The van der Waals surface area contributed by atoms with E-state index in [2.05, 4.69) is 43.4 Å². The van der Waals surface area contributed by atoms with Crippen LogP contribution in [-0.2, 0) is 7.05 Å². The van der Waals surface area contributed by atoms with Crippen LogP contribution in [0.1, 0.15) is 22.8 Å². The summed E-state index contributed by atoms with van der Waals surface area (Å²) in [6.45, 7) is 7.77. The van der Waals surface area contributed by atoms with E-state index in [-0.39, 0.29) is 5.82 Å². The summed E-state index contributed by atoms with van der Waals surface area (Å²) >= 11 is 0. The maximum atomic E-state index is 13.5. The molecule has 0 saturated carbocycles. The van der Waals surface area contributed by atoms with Crippen molar-refractivity contribution in [2.75, 3.05) is 0 Å². The molecular weight excluding hydrogens is 415 g/mol. The first-order valence-electron chi connectivity index (χ1n) is 10.6. The molecule has 164 valence electrons. The van der Waals surface area contributed by atoms with Crippen LogP contribution in [0.4, 0.5) is 4.39 Å². The Hall–Kier alpha value is -4.26. The quantitative estimate of drug-likeness (QED) is 0.344. The van der Waals surface area contributed by atoms with Crippen LogP contribution in [0.15, 0.2) is 67.4 Å². The van der Waals surface area contributed by atoms with Gasteiger partial charge in [0, 0.05) is 29.3 Å². The molecule has 0 aliphatic heterocycles. The molecule has 0 fully saturated rings. The lowest BCUT2D eigenvalue weighted by Gasteiger charge is -2.06. The minimum Gasteiger partial charge on any atom is -0.340 e. The van der Waals surface area contributed by atoms with Crippen LogP contribution in [-0.4, -0.2) is 29.7 Å². The zero-order valence-electron chi connectivity index (χ0n) is 18.6. The lowest BCUT2D eigenvalue weighted by Crippen LogP contribution is -1.94. The number of allylic oxidation sites excluding steroid dienone is 2. The molecule has 0 spiro atoms. The summed E-state index contributed by atoms with van der Waals surface area (Å²) in [4.78, 5) is 12.7. The average molecular weight is 439 g/mol. The highest BCUT2D eigenvalue weighted by Crippen LogP contribution is 2.32. The zero-order chi connectivity index (χ0) is 23.1. The highest BCUT2D eigenvalue weighted by atomic mass is 19.1. The Bertz CT molecular complexity index is 1510. The third-order valence-corrected chi connectivity index (χ3v) is 5.88. The second kappa shape index (κ2) is 8.02.